The van der Waals surface area contributed by atoms with Crippen LogP contribution in [0.5, 0.6) is 0 Å². The maximum atomic E-state index is 11.6. The van der Waals surface area contributed by atoms with Gasteiger partial charge in [-0.1, -0.05) is 0 Å². The van der Waals surface area contributed by atoms with E-state index in [1.165, 1.54) is 11.8 Å². The lowest BCUT2D eigenvalue weighted by Crippen LogP contribution is -2.06. The van der Waals surface area contributed by atoms with Gasteiger partial charge in [-0.2, -0.15) is 0 Å². The highest BCUT2D eigenvalue weighted by atomic mass is 32.2. The fraction of sp³-hybridized carbons (Fsp3) is 0.385. The Morgan fingerprint density at radius 3 is 2.67 bits per heavy atom. The van der Waals surface area contributed by atoms with Crippen LogP contribution in [-0.4, -0.2) is 29.9 Å². The van der Waals surface area contributed by atoms with Crippen molar-refractivity contribution in [3.05, 3.63) is 29.3 Å². The topological polar surface area (TPSA) is 63.6 Å². The predicted molar refractivity (Wildman–Crippen MR) is 70.1 cm³/mol. The lowest BCUT2D eigenvalue weighted by atomic mass is 10.1. The average molecular weight is 268 g/mol. The van der Waals surface area contributed by atoms with E-state index in [4.69, 9.17) is 9.84 Å². The van der Waals surface area contributed by atoms with Crippen LogP contribution in [0.15, 0.2) is 23.1 Å². The zero-order valence-electron chi connectivity index (χ0n) is 10.4. The van der Waals surface area contributed by atoms with Crippen molar-refractivity contribution < 1.29 is 19.4 Å². The van der Waals surface area contributed by atoms with Crippen LogP contribution in [0.1, 0.15) is 29.3 Å². The summed E-state index contributed by atoms with van der Waals surface area (Å²) in [5.74, 6) is -1.22. The molecule has 1 rings (SSSR count). The van der Waals surface area contributed by atoms with Crippen LogP contribution in [0.25, 0.3) is 0 Å². The number of aliphatic carboxylic acids is 1. The highest BCUT2D eigenvalue weighted by molar-refractivity contribution is 7.98. The molecule has 0 aliphatic rings. The second-order valence-corrected chi connectivity index (χ2v) is 4.49. The number of benzene rings is 1. The number of ether oxygens (including phenoxy) is 1. The number of hydrogen-bond donors (Lipinski definition) is 1. The molecule has 1 aromatic carbocycles. The molecule has 0 atom stereocenters. The predicted octanol–water partition coefficient (Wildman–Crippen LogP) is 2.60. The van der Waals surface area contributed by atoms with Gasteiger partial charge in [0.1, 0.15) is 0 Å². The first-order valence-electron chi connectivity index (χ1n) is 5.64. The highest BCUT2D eigenvalue weighted by Crippen LogP contribution is 2.23. The van der Waals surface area contributed by atoms with E-state index in [1.54, 1.807) is 19.1 Å². The molecule has 98 valence electrons. The molecule has 1 aromatic rings. The summed E-state index contributed by atoms with van der Waals surface area (Å²) in [6, 6.07) is 5.25. The molecule has 18 heavy (non-hydrogen) atoms. The fourth-order valence-electron chi connectivity index (χ4n) is 1.56. The van der Waals surface area contributed by atoms with E-state index >= 15 is 0 Å². The average Bonchev–Trinajstić information content (AvgIpc) is 2.36. The zero-order chi connectivity index (χ0) is 13.5. The van der Waals surface area contributed by atoms with Gasteiger partial charge < -0.3 is 9.84 Å². The van der Waals surface area contributed by atoms with Gasteiger partial charge in [0.2, 0.25) is 0 Å². The largest absolute Gasteiger partial charge is 0.481 e. The first-order valence-corrected chi connectivity index (χ1v) is 6.86. The molecule has 1 N–H and O–H groups in total. The number of carboxylic acids is 1. The molecular weight excluding hydrogens is 252 g/mol. The summed E-state index contributed by atoms with van der Waals surface area (Å²) in [5.41, 5.74) is 1.34. The number of carboxylic acid groups (broad SMARTS) is 1. The van der Waals surface area contributed by atoms with Crippen LogP contribution >= 0.6 is 11.8 Å². The molecule has 0 unspecified atom stereocenters. The van der Waals surface area contributed by atoms with Crippen molar-refractivity contribution in [3.8, 4) is 0 Å². The molecule has 0 fully saturated rings. The molecule has 0 saturated heterocycles. The van der Waals surface area contributed by atoms with Crippen molar-refractivity contribution in [1.82, 2.24) is 0 Å². The van der Waals surface area contributed by atoms with Gasteiger partial charge in [0, 0.05) is 11.3 Å². The molecule has 0 bridgehead atoms. The third-order valence-electron chi connectivity index (χ3n) is 2.40. The van der Waals surface area contributed by atoms with E-state index in [1.807, 2.05) is 12.3 Å². The van der Waals surface area contributed by atoms with Gasteiger partial charge in [-0.3, -0.25) is 4.79 Å². The summed E-state index contributed by atoms with van der Waals surface area (Å²) in [5, 5.41) is 8.70. The van der Waals surface area contributed by atoms with Crippen molar-refractivity contribution in [2.75, 3.05) is 12.9 Å². The van der Waals surface area contributed by atoms with Gasteiger partial charge in [-0.25, -0.2) is 4.79 Å². The van der Waals surface area contributed by atoms with E-state index in [2.05, 4.69) is 0 Å². The van der Waals surface area contributed by atoms with Gasteiger partial charge in [-0.05, 0) is 43.4 Å². The van der Waals surface area contributed by atoms with Crippen LogP contribution in [0, 0.1) is 0 Å². The number of carbonyl (C=O) groups is 2. The molecular formula is C13H16O4S. The minimum absolute atomic E-state index is 0.0554. The Balaban J connectivity index is 2.93. The Morgan fingerprint density at radius 2 is 2.11 bits per heavy atom. The van der Waals surface area contributed by atoms with Crippen LogP contribution in [0.3, 0.4) is 0 Å². The van der Waals surface area contributed by atoms with E-state index < -0.39 is 5.97 Å². The molecule has 4 nitrogen and oxygen atoms in total. The molecule has 5 heteroatoms. The summed E-state index contributed by atoms with van der Waals surface area (Å²) in [6.45, 7) is 2.08. The molecule has 0 saturated carbocycles. The van der Waals surface area contributed by atoms with Crippen LogP contribution in [0.4, 0.5) is 0 Å². The molecule has 0 amide bonds. The van der Waals surface area contributed by atoms with Crippen LogP contribution < -0.4 is 0 Å². The van der Waals surface area contributed by atoms with Gasteiger partial charge in [-0.15, -0.1) is 11.8 Å². The van der Waals surface area contributed by atoms with Gasteiger partial charge >= 0.3 is 11.9 Å². The van der Waals surface area contributed by atoms with Crippen molar-refractivity contribution in [2.24, 2.45) is 0 Å². The third kappa shape index (κ3) is 4.07. The van der Waals surface area contributed by atoms with Gasteiger partial charge in [0.25, 0.3) is 0 Å². The molecule has 0 spiro atoms. The number of aryl methyl sites for hydroxylation is 1. The quantitative estimate of drug-likeness (QED) is 0.634. The van der Waals surface area contributed by atoms with Gasteiger partial charge in [0.15, 0.2) is 0 Å². The van der Waals surface area contributed by atoms with E-state index in [9.17, 15) is 9.59 Å². The Kier molecular flexibility index (Phi) is 5.71. The summed E-state index contributed by atoms with van der Waals surface area (Å²) < 4.78 is 4.92. The van der Waals surface area contributed by atoms with Crippen LogP contribution in [0.2, 0.25) is 0 Å². The van der Waals surface area contributed by atoms with E-state index in [-0.39, 0.29) is 12.4 Å². The number of hydrogen-bond acceptors (Lipinski definition) is 4. The smallest absolute Gasteiger partial charge is 0.338 e. The number of rotatable bonds is 6. The monoisotopic (exact) mass is 268 g/mol. The first-order chi connectivity index (χ1) is 8.58. The minimum atomic E-state index is -0.844. The van der Waals surface area contributed by atoms with Gasteiger partial charge in [0.05, 0.1) is 12.2 Å². The molecule has 0 aliphatic heterocycles. The first kappa shape index (κ1) is 14.6. The molecule has 0 heterocycles. The van der Waals surface area contributed by atoms with Crippen molar-refractivity contribution in [3.63, 3.8) is 0 Å². The number of thioether (sulfide) groups is 1. The second-order valence-electron chi connectivity index (χ2n) is 3.64. The van der Waals surface area contributed by atoms with Crippen molar-refractivity contribution >= 4 is 23.7 Å². The Hall–Kier alpha value is -1.49. The fourth-order valence-corrected chi connectivity index (χ4v) is 2.18. The Bertz CT molecular complexity index is 443. The van der Waals surface area contributed by atoms with Crippen molar-refractivity contribution in [1.29, 1.82) is 0 Å². The number of carbonyl (C=O) groups excluding carboxylic acids is 1. The minimum Gasteiger partial charge on any atom is -0.481 e. The summed E-state index contributed by atoms with van der Waals surface area (Å²) >= 11 is 1.54. The van der Waals surface area contributed by atoms with E-state index in [0.717, 1.165) is 10.5 Å². The summed E-state index contributed by atoms with van der Waals surface area (Å²) in [4.78, 5) is 23.2. The summed E-state index contributed by atoms with van der Waals surface area (Å²) in [7, 11) is 0. The zero-order valence-corrected chi connectivity index (χ0v) is 11.3. The standard InChI is InChI=1S/C13H16O4S/c1-3-17-13(16)10-4-6-11(18-2)9(8-10)5-7-12(14)15/h4,6,8H,3,5,7H2,1-2H3,(H,14,15). The SMILES string of the molecule is CCOC(=O)c1ccc(SC)c(CCC(=O)O)c1. The molecule has 0 aromatic heterocycles. The Labute approximate surface area is 110 Å². The second kappa shape index (κ2) is 7.06. The van der Waals surface area contributed by atoms with Crippen LogP contribution in [-0.2, 0) is 16.0 Å². The Morgan fingerprint density at radius 1 is 1.39 bits per heavy atom. The van der Waals surface area contributed by atoms with Crippen molar-refractivity contribution in [2.45, 2.75) is 24.7 Å². The lowest BCUT2D eigenvalue weighted by Gasteiger charge is -2.09. The molecule has 0 radical (unpaired) electrons. The normalized spacial score (nSPS) is 10.1. The third-order valence-corrected chi connectivity index (χ3v) is 3.24. The maximum absolute atomic E-state index is 11.6. The number of esters is 1. The summed E-state index contributed by atoms with van der Waals surface area (Å²) in [6.07, 6.45) is 2.39. The lowest BCUT2D eigenvalue weighted by molar-refractivity contribution is -0.136. The van der Waals surface area contributed by atoms with E-state index in [0.29, 0.717) is 18.6 Å². The maximum Gasteiger partial charge on any atom is 0.338 e. The molecule has 0 aliphatic carbocycles. The highest BCUT2D eigenvalue weighted by Gasteiger charge is 2.11.